The van der Waals surface area contributed by atoms with Gasteiger partial charge in [0.25, 0.3) is 0 Å². The van der Waals surface area contributed by atoms with E-state index in [9.17, 15) is 0 Å². The van der Waals surface area contributed by atoms with Crippen LogP contribution < -0.4 is 5.73 Å². The van der Waals surface area contributed by atoms with Crippen LogP contribution >= 0.6 is 0 Å². The van der Waals surface area contributed by atoms with Gasteiger partial charge in [0, 0.05) is 31.7 Å². The molecule has 0 amide bonds. The lowest BCUT2D eigenvalue weighted by Gasteiger charge is -2.38. The molecular formula is C12H26N2O3. The molecule has 3 N–H and O–H groups in total. The van der Waals surface area contributed by atoms with Crippen LogP contribution in [0.3, 0.4) is 0 Å². The van der Waals surface area contributed by atoms with E-state index in [1.54, 1.807) is 0 Å². The molecule has 1 aliphatic heterocycles. The van der Waals surface area contributed by atoms with Gasteiger partial charge in [-0.3, -0.25) is 0 Å². The maximum absolute atomic E-state index is 8.60. The predicted octanol–water partition coefficient (Wildman–Crippen LogP) is -0.317. The lowest BCUT2D eigenvalue weighted by molar-refractivity contribution is -0.0221. The van der Waals surface area contributed by atoms with Crippen LogP contribution in [0.5, 0.6) is 0 Å². The molecule has 1 heterocycles. The smallest absolute Gasteiger partial charge is 0.0698 e. The van der Waals surface area contributed by atoms with Crippen molar-refractivity contribution in [2.24, 2.45) is 11.1 Å². The predicted molar refractivity (Wildman–Crippen MR) is 66.9 cm³/mol. The van der Waals surface area contributed by atoms with E-state index in [0.717, 1.165) is 39.1 Å². The highest BCUT2D eigenvalue weighted by atomic mass is 16.5. The largest absolute Gasteiger partial charge is 0.394 e. The molecule has 0 radical (unpaired) electrons. The van der Waals surface area contributed by atoms with Crippen molar-refractivity contribution < 1.29 is 14.6 Å². The Morgan fingerprint density at radius 3 is 2.88 bits per heavy atom. The third-order valence-electron chi connectivity index (χ3n) is 3.30. The molecule has 1 atom stereocenters. The SMILES string of the molecule is CN(CCOCCO)CC1(CN)CCCOC1. The Morgan fingerprint density at radius 1 is 1.47 bits per heavy atom. The number of hydrogen-bond donors (Lipinski definition) is 2. The zero-order chi connectivity index (χ0) is 12.6. The van der Waals surface area contributed by atoms with Crippen molar-refractivity contribution in [3.8, 4) is 0 Å². The molecule has 0 aromatic heterocycles. The first-order valence-electron chi connectivity index (χ1n) is 6.37. The molecule has 1 aliphatic rings. The van der Waals surface area contributed by atoms with E-state index >= 15 is 0 Å². The standard InChI is InChI=1S/C12H26N2O3/c1-14(4-7-16-8-5-15)10-12(9-13)3-2-6-17-11-12/h15H,2-11,13H2,1H3. The zero-order valence-electron chi connectivity index (χ0n) is 10.9. The second-order valence-electron chi connectivity index (χ2n) is 4.93. The summed E-state index contributed by atoms with van der Waals surface area (Å²) >= 11 is 0. The summed E-state index contributed by atoms with van der Waals surface area (Å²) in [5.41, 5.74) is 6.01. The first-order chi connectivity index (χ1) is 8.22. The molecule has 1 saturated heterocycles. The summed E-state index contributed by atoms with van der Waals surface area (Å²) in [5, 5.41) is 8.60. The number of hydrogen-bond acceptors (Lipinski definition) is 5. The minimum Gasteiger partial charge on any atom is -0.394 e. The molecule has 0 bridgehead atoms. The minimum absolute atomic E-state index is 0.0876. The molecule has 17 heavy (non-hydrogen) atoms. The van der Waals surface area contributed by atoms with Crippen LogP contribution in [0.15, 0.2) is 0 Å². The van der Waals surface area contributed by atoms with Gasteiger partial charge < -0.3 is 25.2 Å². The first-order valence-corrected chi connectivity index (χ1v) is 6.37. The molecule has 0 aliphatic carbocycles. The van der Waals surface area contributed by atoms with E-state index in [1.165, 1.54) is 0 Å². The van der Waals surface area contributed by atoms with E-state index < -0.39 is 0 Å². The second kappa shape index (κ2) is 8.00. The molecule has 1 fully saturated rings. The van der Waals surface area contributed by atoms with Crippen molar-refractivity contribution in [2.75, 3.05) is 59.7 Å². The van der Waals surface area contributed by atoms with Gasteiger partial charge in [0.15, 0.2) is 0 Å². The van der Waals surface area contributed by atoms with Gasteiger partial charge in [0.2, 0.25) is 0 Å². The van der Waals surface area contributed by atoms with Crippen molar-refractivity contribution in [2.45, 2.75) is 12.8 Å². The Hall–Kier alpha value is -0.200. The van der Waals surface area contributed by atoms with E-state index in [0.29, 0.717) is 19.8 Å². The second-order valence-corrected chi connectivity index (χ2v) is 4.93. The third-order valence-corrected chi connectivity index (χ3v) is 3.30. The fourth-order valence-corrected chi connectivity index (χ4v) is 2.30. The normalized spacial score (nSPS) is 25.4. The Balaban J connectivity index is 2.24. The number of nitrogens with zero attached hydrogens (tertiary/aromatic N) is 1. The van der Waals surface area contributed by atoms with Crippen LogP contribution in [-0.2, 0) is 9.47 Å². The van der Waals surface area contributed by atoms with Crippen molar-refractivity contribution in [3.05, 3.63) is 0 Å². The monoisotopic (exact) mass is 246 g/mol. The molecule has 0 aromatic rings. The minimum atomic E-state index is 0.0876. The fraction of sp³-hybridized carbons (Fsp3) is 1.00. The molecule has 1 rings (SSSR count). The van der Waals surface area contributed by atoms with E-state index in [-0.39, 0.29) is 12.0 Å². The van der Waals surface area contributed by atoms with Crippen LogP contribution in [0.2, 0.25) is 0 Å². The summed E-state index contributed by atoms with van der Waals surface area (Å²) in [6, 6.07) is 0. The highest BCUT2D eigenvalue weighted by Crippen LogP contribution is 2.28. The Bertz CT molecular complexity index is 196. The van der Waals surface area contributed by atoms with Crippen molar-refractivity contribution in [3.63, 3.8) is 0 Å². The summed E-state index contributed by atoms with van der Waals surface area (Å²) in [6.07, 6.45) is 2.25. The summed E-state index contributed by atoms with van der Waals surface area (Å²) in [4.78, 5) is 2.24. The maximum atomic E-state index is 8.60. The summed E-state index contributed by atoms with van der Waals surface area (Å²) in [6.45, 7) is 5.28. The van der Waals surface area contributed by atoms with Gasteiger partial charge in [-0.1, -0.05) is 0 Å². The van der Waals surface area contributed by atoms with Crippen LogP contribution in [0.4, 0.5) is 0 Å². The van der Waals surface area contributed by atoms with Gasteiger partial charge in [-0.25, -0.2) is 0 Å². The summed E-state index contributed by atoms with van der Waals surface area (Å²) in [5.74, 6) is 0. The first kappa shape index (κ1) is 14.9. The highest BCUT2D eigenvalue weighted by Gasteiger charge is 2.32. The molecule has 102 valence electrons. The maximum Gasteiger partial charge on any atom is 0.0698 e. The Labute approximate surface area is 104 Å². The van der Waals surface area contributed by atoms with Crippen LogP contribution in [0, 0.1) is 5.41 Å². The molecular weight excluding hydrogens is 220 g/mol. The molecule has 5 nitrogen and oxygen atoms in total. The number of likely N-dealkylation sites (N-methyl/N-ethyl adjacent to an activating group) is 1. The summed E-state index contributed by atoms with van der Waals surface area (Å²) in [7, 11) is 2.08. The summed E-state index contributed by atoms with van der Waals surface area (Å²) < 4.78 is 10.8. The van der Waals surface area contributed by atoms with Gasteiger partial charge in [-0.15, -0.1) is 0 Å². The topological polar surface area (TPSA) is 68.0 Å². The molecule has 0 spiro atoms. The third kappa shape index (κ3) is 5.31. The van der Waals surface area contributed by atoms with E-state index in [1.807, 2.05) is 0 Å². The van der Waals surface area contributed by atoms with E-state index in [4.69, 9.17) is 20.3 Å². The van der Waals surface area contributed by atoms with Crippen LogP contribution in [0.25, 0.3) is 0 Å². The molecule has 0 saturated carbocycles. The number of rotatable bonds is 8. The van der Waals surface area contributed by atoms with Gasteiger partial charge >= 0.3 is 0 Å². The quantitative estimate of drug-likeness (QED) is 0.575. The highest BCUT2D eigenvalue weighted by molar-refractivity contribution is 4.85. The van der Waals surface area contributed by atoms with Gasteiger partial charge in [-0.2, -0.15) is 0 Å². The number of aliphatic hydroxyl groups excluding tert-OH is 1. The Morgan fingerprint density at radius 2 is 2.29 bits per heavy atom. The van der Waals surface area contributed by atoms with Crippen molar-refractivity contribution in [1.82, 2.24) is 4.90 Å². The van der Waals surface area contributed by atoms with Gasteiger partial charge in [0.05, 0.1) is 26.4 Å². The molecule has 0 aromatic carbocycles. The average molecular weight is 246 g/mol. The van der Waals surface area contributed by atoms with Gasteiger partial charge in [-0.05, 0) is 19.9 Å². The van der Waals surface area contributed by atoms with Gasteiger partial charge in [0.1, 0.15) is 0 Å². The lowest BCUT2D eigenvalue weighted by atomic mass is 9.82. The number of ether oxygens (including phenoxy) is 2. The number of aliphatic hydroxyl groups is 1. The molecule has 1 unspecified atom stereocenters. The van der Waals surface area contributed by atoms with Crippen molar-refractivity contribution >= 4 is 0 Å². The van der Waals surface area contributed by atoms with Crippen molar-refractivity contribution in [1.29, 1.82) is 0 Å². The fourth-order valence-electron chi connectivity index (χ4n) is 2.30. The lowest BCUT2D eigenvalue weighted by Crippen LogP contribution is -2.47. The number of nitrogens with two attached hydrogens (primary N) is 1. The van der Waals surface area contributed by atoms with E-state index in [2.05, 4.69) is 11.9 Å². The van der Waals surface area contributed by atoms with Crippen LogP contribution in [-0.4, -0.2) is 69.7 Å². The average Bonchev–Trinajstić information content (AvgIpc) is 2.36. The zero-order valence-corrected chi connectivity index (χ0v) is 10.9. The molecule has 5 heteroatoms. The Kier molecular flexibility index (Phi) is 6.99. The van der Waals surface area contributed by atoms with Crippen LogP contribution in [0.1, 0.15) is 12.8 Å².